The van der Waals surface area contributed by atoms with Gasteiger partial charge in [0.05, 0.1) is 5.03 Å². The van der Waals surface area contributed by atoms with Gasteiger partial charge >= 0.3 is 0 Å². The summed E-state index contributed by atoms with van der Waals surface area (Å²) >= 11 is 1.95. The lowest BCUT2D eigenvalue weighted by molar-refractivity contribution is 0.587. The van der Waals surface area contributed by atoms with Gasteiger partial charge in [-0.3, -0.25) is 0 Å². The standard InChI is InChI=1S/C14H22N2S/c1-11(2)15-9-12-7-8-14(16-10-12)17-13-5-3-4-6-13/h7-8,10-11,13,15H,3-6,9H2,1-2H3. The number of thioether (sulfide) groups is 1. The van der Waals surface area contributed by atoms with Crippen molar-refractivity contribution in [2.75, 3.05) is 0 Å². The zero-order valence-electron chi connectivity index (χ0n) is 10.8. The lowest BCUT2D eigenvalue weighted by Crippen LogP contribution is -2.21. The number of pyridine rings is 1. The second-order valence-electron chi connectivity index (χ2n) is 5.06. The molecule has 0 saturated heterocycles. The summed E-state index contributed by atoms with van der Waals surface area (Å²) in [6.45, 7) is 5.24. The van der Waals surface area contributed by atoms with Gasteiger partial charge in [0, 0.05) is 24.0 Å². The highest BCUT2D eigenvalue weighted by atomic mass is 32.2. The summed E-state index contributed by atoms with van der Waals surface area (Å²) in [7, 11) is 0. The Kier molecular flexibility index (Phi) is 4.86. The van der Waals surface area contributed by atoms with Gasteiger partial charge in [-0.05, 0) is 24.5 Å². The van der Waals surface area contributed by atoms with Crippen LogP contribution in [0.4, 0.5) is 0 Å². The molecule has 0 bridgehead atoms. The van der Waals surface area contributed by atoms with Gasteiger partial charge in [-0.2, -0.15) is 0 Å². The predicted molar refractivity (Wildman–Crippen MR) is 74.3 cm³/mol. The van der Waals surface area contributed by atoms with Gasteiger partial charge in [-0.1, -0.05) is 32.8 Å². The average molecular weight is 250 g/mol. The highest BCUT2D eigenvalue weighted by Gasteiger charge is 2.16. The Balaban J connectivity index is 1.84. The zero-order valence-corrected chi connectivity index (χ0v) is 11.6. The monoisotopic (exact) mass is 250 g/mol. The third kappa shape index (κ3) is 4.32. The van der Waals surface area contributed by atoms with E-state index in [1.165, 1.54) is 36.3 Å². The summed E-state index contributed by atoms with van der Waals surface area (Å²) in [6.07, 6.45) is 7.53. The molecule has 17 heavy (non-hydrogen) atoms. The fourth-order valence-corrected chi connectivity index (χ4v) is 3.25. The molecule has 2 rings (SSSR count). The second-order valence-corrected chi connectivity index (χ2v) is 6.39. The van der Waals surface area contributed by atoms with Crippen molar-refractivity contribution in [3.05, 3.63) is 23.9 Å². The molecule has 3 heteroatoms. The summed E-state index contributed by atoms with van der Waals surface area (Å²) in [5, 5.41) is 5.40. The van der Waals surface area contributed by atoms with E-state index in [4.69, 9.17) is 0 Å². The molecule has 0 atom stereocenters. The van der Waals surface area contributed by atoms with Crippen LogP contribution in [0.5, 0.6) is 0 Å². The van der Waals surface area contributed by atoms with Crippen molar-refractivity contribution in [2.24, 2.45) is 0 Å². The van der Waals surface area contributed by atoms with Crippen LogP contribution in [-0.2, 0) is 6.54 Å². The number of aromatic nitrogens is 1. The molecule has 0 spiro atoms. The van der Waals surface area contributed by atoms with Crippen LogP contribution in [0.25, 0.3) is 0 Å². The Bertz CT molecular complexity index is 329. The van der Waals surface area contributed by atoms with Crippen molar-refractivity contribution < 1.29 is 0 Å². The first-order chi connectivity index (χ1) is 8.24. The fourth-order valence-electron chi connectivity index (χ4n) is 2.08. The molecular weight excluding hydrogens is 228 g/mol. The van der Waals surface area contributed by atoms with Crippen LogP contribution >= 0.6 is 11.8 Å². The summed E-state index contributed by atoms with van der Waals surface area (Å²) < 4.78 is 0. The van der Waals surface area contributed by atoms with Crippen LogP contribution in [-0.4, -0.2) is 16.3 Å². The molecule has 1 aliphatic rings. The number of rotatable bonds is 5. The van der Waals surface area contributed by atoms with E-state index in [1.807, 2.05) is 18.0 Å². The Morgan fingerprint density at radius 2 is 2.12 bits per heavy atom. The SMILES string of the molecule is CC(C)NCc1ccc(SC2CCCC2)nc1. The predicted octanol–water partition coefficient (Wildman–Crippen LogP) is 3.61. The van der Waals surface area contributed by atoms with Gasteiger partial charge in [0.2, 0.25) is 0 Å². The number of hydrogen-bond donors (Lipinski definition) is 1. The van der Waals surface area contributed by atoms with E-state index in [2.05, 4.69) is 36.3 Å². The maximum absolute atomic E-state index is 4.54. The first-order valence-electron chi connectivity index (χ1n) is 6.59. The zero-order chi connectivity index (χ0) is 12.1. The number of hydrogen-bond acceptors (Lipinski definition) is 3. The van der Waals surface area contributed by atoms with Crippen molar-refractivity contribution in [1.82, 2.24) is 10.3 Å². The molecule has 0 aromatic carbocycles. The Labute approximate surface area is 109 Å². The van der Waals surface area contributed by atoms with Gasteiger partial charge in [0.15, 0.2) is 0 Å². The van der Waals surface area contributed by atoms with Gasteiger partial charge in [-0.25, -0.2) is 4.98 Å². The summed E-state index contributed by atoms with van der Waals surface area (Å²) in [5.74, 6) is 0. The Morgan fingerprint density at radius 1 is 1.35 bits per heavy atom. The quantitative estimate of drug-likeness (QED) is 0.864. The van der Waals surface area contributed by atoms with Crippen LogP contribution in [0.3, 0.4) is 0 Å². The third-order valence-corrected chi connectivity index (χ3v) is 4.39. The average Bonchev–Trinajstić information content (AvgIpc) is 2.81. The third-order valence-electron chi connectivity index (χ3n) is 3.10. The highest BCUT2D eigenvalue weighted by molar-refractivity contribution is 7.99. The smallest absolute Gasteiger partial charge is 0.0962 e. The molecule has 1 aromatic rings. The van der Waals surface area contributed by atoms with Crippen molar-refractivity contribution in [2.45, 2.75) is 62.4 Å². The van der Waals surface area contributed by atoms with Crippen molar-refractivity contribution in [1.29, 1.82) is 0 Å². The fraction of sp³-hybridized carbons (Fsp3) is 0.643. The molecular formula is C14H22N2S. The first kappa shape index (κ1) is 12.9. The molecule has 0 aliphatic heterocycles. The van der Waals surface area contributed by atoms with E-state index in [-0.39, 0.29) is 0 Å². The lowest BCUT2D eigenvalue weighted by atomic mass is 10.2. The minimum atomic E-state index is 0.530. The summed E-state index contributed by atoms with van der Waals surface area (Å²) in [5.41, 5.74) is 1.27. The van der Waals surface area contributed by atoms with Crippen LogP contribution in [0, 0.1) is 0 Å². The Hall–Kier alpha value is -0.540. The van der Waals surface area contributed by atoms with E-state index < -0.39 is 0 Å². The van der Waals surface area contributed by atoms with Crippen LogP contribution < -0.4 is 5.32 Å². The van der Waals surface area contributed by atoms with Gasteiger partial charge in [0.25, 0.3) is 0 Å². The van der Waals surface area contributed by atoms with Gasteiger partial charge in [-0.15, -0.1) is 11.8 Å². The maximum atomic E-state index is 4.54. The van der Waals surface area contributed by atoms with Crippen LogP contribution in [0.1, 0.15) is 45.1 Å². The van der Waals surface area contributed by atoms with Crippen LogP contribution in [0.15, 0.2) is 23.4 Å². The topological polar surface area (TPSA) is 24.9 Å². The molecule has 2 nitrogen and oxygen atoms in total. The van der Waals surface area contributed by atoms with Crippen molar-refractivity contribution in [3.8, 4) is 0 Å². The Morgan fingerprint density at radius 3 is 2.71 bits per heavy atom. The normalized spacial score (nSPS) is 16.9. The number of nitrogens with one attached hydrogen (secondary N) is 1. The van der Waals surface area contributed by atoms with E-state index in [0.717, 1.165) is 11.8 Å². The van der Waals surface area contributed by atoms with Gasteiger partial charge < -0.3 is 5.32 Å². The summed E-state index contributed by atoms with van der Waals surface area (Å²) in [4.78, 5) is 4.54. The first-order valence-corrected chi connectivity index (χ1v) is 7.47. The lowest BCUT2D eigenvalue weighted by Gasteiger charge is -2.10. The molecule has 1 N–H and O–H groups in total. The molecule has 0 radical (unpaired) electrons. The number of nitrogens with zero attached hydrogens (tertiary/aromatic N) is 1. The minimum absolute atomic E-state index is 0.530. The molecule has 1 aromatic heterocycles. The van der Waals surface area contributed by atoms with E-state index >= 15 is 0 Å². The molecule has 1 fully saturated rings. The van der Waals surface area contributed by atoms with E-state index in [0.29, 0.717) is 6.04 Å². The maximum Gasteiger partial charge on any atom is 0.0962 e. The molecule has 1 saturated carbocycles. The second kappa shape index (κ2) is 6.41. The molecule has 0 unspecified atom stereocenters. The van der Waals surface area contributed by atoms with Crippen molar-refractivity contribution in [3.63, 3.8) is 0 Å². The van der Waals surface area contributed by atoms with Crippen molar-refractivity contribution >= 4 is 11.8 Å². The summed E-state index contributed by atoms with van der Waals surface area (Å²) in [6, 6.07) is 4.89. The molecule has 94 valence electrons. The van der Waals surface area contributed by atoms with E-state index in [9.17, 15) is 0 Å². The van der Waals surface area contributed by atoms with Crippen LogP contribution in [0.2, 0.25) is 0 Å². The minimum Gasteiger partial charge on any atom is -0.310 e. The van der Waals surface area contributed by atoms with Gasteiger partial charge in [0.1, 0.15) is 0 Å². The van der Waals surface area contributed by atoms with E-state index in [1.54, 1.807) is 0 Å². The largest absolute Gasteiger partial charge is 0.310 e. The molecule has 1 aliphatic carbocycles. The molecule has 0 amide bonds. The molecule has 1 heterocycles. The highest BCUT2D eigenvalue weighted by Crippen LogP contribution is 2.33.